The van der Waals surface area contributed by atoms with Crippen LogP contribution in [0.15, 0.2) is 71.3 Å². The van der Waals surface area contributed by atoms with Gasteiger partial charge in [-0.1, -0.05) is 86.1 Å². The summed E-state index contributed by atoms with van der Waals surface area (Å²) in [6.07, 6.45) is 12.6. The number of amidine groups is 1. The number of ether oxygens (including phenoxy) is 1. The molecular formula is C53H68N8O10. The van der Waals surface area contributed by atoms with Gasteiger partial charge in [0, 0.05) is 50.9 Å². The number of phenols is 1. The minimum Gasteiger partial charge on any atom is -0.507 e. The zero-order chi connectivity index (χ0) is 50.4. The van der Waals surface area contributed by atoms with E-state index in [-0.39, 0.29) is 96.4 Å². The number of fused-ring (bicyclic) bond motifs is 1. The molecule has 4 fully saturated rings. The smallest absolute Gasteiger partial charge is 0.306 e. The van der Waals surface area contributed by atoms with E-state index in [2.05, 4.69) is 15.8 Å². The van der Waals surface area contributed by atoms with Crippen LogP contribution in [0.3, 0.4) is 0 Å². The lowest BCUT2D eigenvalue weighted by molar-refractivity contribution is -0.154. The summed E-state index contributed by atoms with van der Waals surface area (Å²) in [5, 5.41) is 36.7. The van der Waals surface area contributed by atoms with Crippen LogP contribution in [0.5, 0.6) is 5.75 Å². The molecule has 0 spiro atoms. The lowest BCUT2D eigenvalue weighted by Crippen LogP contribution is -2.60. The maximum Gasteiger partial charge on any atom is 0.306 e. The Bertz CT molecular complexity index is 2520. The summed E-state index contributed by atoms with van der Waals surface area (Å²) in [7, 11) is 0. The molecule has 4 aliphatic rings. The summed E-state index contributed by atoms with van der Waals surface area (Å²) in [5.74, 6) is -1.99. The molecule has 2 saturated carbocycles. The lowest BCUT2D eigenvalue weighted by atomic mass is 9.76. The molecule has 1 aromatic heterocycles. The van der Waals surface area contributed by atoms with Crippen molar-refractivity contribution in [1.82, 2.24) is 25.6 Å². The summed E-state index contributed by atoms with van der Waals surface area (Å²) in [5.41, 5.74) is 14.4. The first-order valence-electron chi connectivity index (χ1n) is 25.1. The standard InChI is InChI=1S/C30H36N4O5.C23H32N4O5/c31-28-24-12-11-21(17-26(24)39-33-28)18-32-29(36)25-15-16-34(25)30(37)23(22-9-5-2-6-10-22)13-14-27(35)38-19-20-7-3-1-4-8-20;24-21(25)17-7-6-14(12-19(17)28)13-26-22(31)18-10-11-27(18)23(32)16(8-9-20(29)30)15-4-2-1-3-5-15/h1,3-4,7-8,11-12,17,22-23,25H,2,5-6,9-10,13-16,18-19H2,(H2,31,33)(H,32,36);6-7,12,15-16,18,28H,1-5,8-11,13H2,(H3,24,25)(H,26,31)(H,29,30)/t23-,25+;16-,18+/m11/s1. The van der Waals surface area contributed by atoms with Crippen molar-refractivity contribution < 1.29 is 48.2 Å². The molecule has 0 radical (unpaired) electrons. The second kappa shape index (κ2) is 24.7. The average Bonchev–Trinajstić information content (AvgIpc) is 3.71. The lowest BCUT2D eigenvalue weighted by Gasteiger charge is -2.43. The van der Waals surface area contributed by atoms with Crippen LogP contribution in [0.4, 0.5) is 5.82 Å². The Labute approximate surface area is 413 Å². The fourth-order valence-corrected chi connectivity index (χ4v) is 10.5. The molecule has 4 atom stereocenters. The molecule has 18 heteroatoms. The first-order valence-corrected chi connectivity index (χ1v) is 25.1. The predicted octanol–water partition coefficient (Wildman–Crippen LogP) is 6.30. The Morgan fingerprint density at radius 2 is 1.25 bits per heavy atom. The van der Waals surface area contributed by atoms with E-state index in [1.54, 1.807) is 21.9 Å². The number of rotatable bonds is 19. The number of nitrogens with one attached hydrogen (secondary N) is 3. The van der Waals surface area contributed by atoms with E-state index in [4.69, 9.17) is 31.2 Å². The number of nitrogens with zero attached hydrogens (tertiary/aromatic N) is 3. The Hall–Kier alpha value is -6.98. The number of hydrogen-bond donors (Lipinski definition) is 7. The summed E-state index contributed by atoms with van der Waals surface area (Å²) in [4.78, 5) is 79.7. The third kappa shape index (κ3) is 13.7. The molecule has 0 unspecified atom stereocenters. The summed E-state index contributed by atoms with van der Waals surface area (Å²) >= 11 is 0. The number of likely N-dealkylation sites (tertiary alicyclic amines) is 2. The van der Waals surface area contributed by atoms with E-state index in [0.717, 1.165) is 74.3 Å². The van der Waals surface area contributed by atoms with Crippen molar-refractivity contribution >= 4 is 58.2 Å². The highest BCUT2D eigenvalue weighted by atomic mass is 16.5. The Morgan fingerprint density at radius 1 is 0.718 bits per heavy atom. The van der Waals surface area contributed by atoms with Gasteiger partial charge in [0.25, 0.3) is 0 Å². The van der Waals surface area contributed by atoms with Crippen molar-refractivity contribution in [1.29, 1.82) is 5.41 Å². The second-order valence-electron chi connectivity index (χ2n) is 19.4. The quantitative estimate of drug-likeness (QED) is 0.0309. The molecule has 2 saturated heterocycles. The maximum absolute atomic E-state index is 13.7. The monoisotopic (exact) mass is 977 g/mol. The maximum atomic E-state index is 13.7. The number of anilines is 1. The topological polar surface area (TPSA) is 285 Å². The summed E-state index contributed by atoms with van der Waals surface area (Å²) < 4.78 is 10.7. The van der Waals surface area contributed by atoms with E-state index in [1.165, 1.54) is 18.6 Å². The van der Waals surface area contributed by atoms with Crippen LogP contribution in [0.2, 0.25) is 0 Å². The van der Waals surface area contributed by atoms with Gasteiger partial charge in [-0.05, 0) is 104 Å². The number of esters is 1. The number of hydrogen-bond acceptors (Lipinski definition) is 12. The van der Waals surface area contributed by atoms with Crippen molar-refractivity contribution in [2.75, 3.05) is 18.8 Å². The number of aromatic hydroxyl groups is 1. The van der Waals surface area contributed by atoms with E-state index < -0.39 is 18.1 Å². The molecule has 9 N–H and O–H groups in total. The highest BCUT2D eigenvalue weighted by Gasteiger charge is 2.44. The molecular weight excluding hydrogens is 909 g/mol. The van der Waals surface area contributed by atoms with Crippen molar-refractivity contribution in [3.05, 3.63) is 89.0 Å². The van der Waals surface area contributed by atoms with Crippen molar-refractivity contribution in [3.8, 4) is 5.75 Å². The Balaban J connectivity index is 0.000000213. The van der Waals surface area contributed by atoms with Gasteiger partial charge in [-0.3, -0.25) is 34.2 Å². The number of nitrogens with two attached hydrogens (primary N) is 2. The van der Waals surface area contributed by atoms with Crippen LogP contribution in [0, 0.1) is 29.1 Å². The Morgan fingerprint density at radius 3 is 1.76 bits per heavy atom. The number of phenolic OH excluding ortho intramolecular Hbond substituents is 1. The minimum absolute atomic E-state index is 0.0114. The zero-order valence-electron chi connectivity index (χ0n) is 40.3. The van der Waals surface area contributed by atoms with Gasteiger partial charge in [0.2, 0.25) is 23.6 Å². The number of amides is 4. The number of carbonyl (C=O) groups is 6. The van der Waals surface area contributed by atoms with Crippen LogP contribution < -0.4 is 22.1 Å². The highest BCUT2D eigenvalue weighted by Crippen LogP contribution is 2.37. The second-order valence-corrected chi connectivity index (χ2v) is 19.4. The number of carbonyl (C=O) groups excluding carboxylic acids is 5. The van der Waals surface area contributed by atoms with Crippen molar-refractivity contribution in [2.45, 2.75) is 135 Å². The number of carboxylic acid groups (broad SMARTS) is 1. The van der Waals surface area contributed by atoms with Crippen LogP contribution in [-0.4, -0.2) is 91.7 Å². The largest absolute Gasteiger partial charge is 0.507 e. The molecule has 4 amide bonds. The third-order valence-electron chi connectivity index (χ3n) is 14.7. The molecule has 4 aromatic rings. The molecule has 3 aromatic carbocycles. The van der Waals surface area contributed by atoms with Crippen molar-refractivity contribution in [2.24, 2.45) is 29.4 Å². The number of aromatic nitrogens is 1. The molecule has 0 bridgehead atoms. The van der Waals surface area contributed by atoms with Gasteiger partial charge in [-0.25, -0.2) is 0 Å². The third-order valence-corrected chi connectivity index (χ3v) is 14.7. The van der Waals surface area contributed by atoms with Crippen LogP contribution in [0.1, 0.15) is 125 Å². The number of aliphatic carboxylic acids is 1. The summed E-state index contributed by atoms with van der Waals surface area (Å²) in [6, 6.07) is 18.7. The molecule has 2 aliphatic carbocycles. The Kier molecular flexibility index (Phi) is 18.1. The van der Waals surface area contributed by atoms with Crippen LogP contribution in [-0.2, 0) is 53.2 Å². The number of carboxylic acids is 1. The average molecular weight is 977 g/mol. The molecule has 3 heterocycles. The molecule has 380 valence electrons. The van der Waals surface area contributed by atoms with Gasteiger partial charge in [-0.2, -0.15) is 0 Å². The summed E-state index contributed by atoms with van der Waals surface area (Å²) in [6.45, 7) is 1.78. The number of nitrogen functional groups attached to an aromatic ring is 2. The van der Waals surface area contributed by atoms with Crippen LogP contribution >= 0.6 is 0 Å². The zero-order valence-corrected chi connectivity index (χ0v) is 40.3. The number of benzene rings is 3. The van der Waals surface area contributed by atoms with Gasteiger partial charge in [0.1, 0.15) is 30.3 Å². The minimum atomic E-state index is -0.907. The van der Waals surface area contributed by atoms with Gasteiger partial charge >= 0.3 is 11.9 Å². The molecule has 2 aliphatic heterocycles. The SMILES string of the molecule is N=C(N)c1ccc(CNC(=O)[C@@H]2CCN2C(=O)[C@H](CCC(=O)O)C2CCCCC2)cc1O.Nc1noc2cc(CNC(=O)[C@@H]3CCN3C(=O)[C@H](CCC(=O)OCc3ccccc3)C3CCCCC3)ccc12. The van der Waals surface area contributed by atoms with E-state index in [0.29, 0.717) is 62.3 Å². The molecule has 18 nitrogen and oxygen atoms in total. The fourth-order valence-electron chi connectivity index (χ4n) is 10.5. The van der Waals surface area contributed by atoms with E-state index in [9.17, 15) is 33.9 Å². The van der Waals surface area contributed by atoms with Gasteiger partial charge < -0.3 is 51.4 Å². The fraction of sp³-hybridized carbons (Fsp3) is 0.509. The normalized spacial score (nSPS) is 18.9. The first kappa shape index (κ1) is 51.9. The van der Waals surface area contributed by atoms with E-state index in [1.807, 2.05) is 42.5 Å². The van der Waals surface area contributed by atoms with Gasteiger partial charge in [0.15, 0.2) is 11.4 Å². The van der Waals surface area contributed by atoms with Crippen molar-refractivity contribution in [3.63, 3.8) is 0 Å². The molecule has 8 rings (SSSR count). The van der Waals surface area contributed by atoms with E-state index >= 15 is 0 Å². The first-order chi connectivity index (χ1) is 34.3. The van der Waals surface area contributed by atoms with Gasteiger partial charge in [0.05, 0.1) is 10.9 Å². The predicted molar refractivity (Wildman–Crippen MR) is 264 cm³/mol. The molecule has 71 heavy (non-hydrogen) atoms. The van der Waals surface area contributed by atoms with Gasteiger partial charge in [-0.15, -0.1) is 0 Å². The highest BCUT2D eigenvalue weighted by molar-refractivity contribution is 5.97. The van der Waals surface area contributed by atoms with Crippen LogP contribution in [0.25, 0.3) is 11.0 Å².